The standard InChI is InChI=1S/C14H17NS/c1-2-7-14-11(5-1)9-13(16-14)10-12-6-3-4-8-15-12/h1-2,5,7,9,12,15H,3-4,6,8,10H2/i/hD. The summed E-state index contributed by atoms with van der Waals surface area (Å²) in [5.74, 6) is 0. The van der Waals surface area contributed by atoms with Gasteiger partial charge in [0, 0.05) is 15.6 Å². The minimum Gasteiger partial charge on any atom is -0.314 e. The van der Waals surface area contributed by atoms with Crippen molar-refractivity contribution in [1.82, 2.24) is 5.31 Å². The van der Waals surface area contributed by atoms with Gasteiger partial charge in [0.2, 0.25) is 0 Å². The van der Waals surface area contributed by atoms with Gasteiger partial charge in [-0.05, 0) is 43.3 Å². The number of benzene rings is 1. The monoisotopic (exact) mass is 232 g/mol. The van der Waals surface area contributed by atoms with Gasteiger partial charge >= 0.3 is 0 Å². The van der Waals surface area contributed by atoms with Crippen molar-refractivity contribution in [3.63, 3.8) is 0 Å². The van der Waals surface area contributed by atoms with Crippen molar-refractivity contribution in [3.05, 3.63) is 35.2 Å². The van der Waals surface area contributed by atoms with E-state index in [0.717, 1.165) is 13.0 Å². The second-order valence-corrected chi connectivity index (χ2v) is 5.68. The molecule has 2 aromatic rings. The Morgan fingerprint density at radius 3 is 3.19 bits per heavy atom. The largest absolute Gasteiger partial charge is 0.314 e. The molecule has 1 saturated heterocycles. The quantitative estimate of drug-likeness (QED) is 0.834. The van der Waals surface area contributed by atoms with E-state index < -0.39 is 0 Å². The number of thiophene rings is 1. The lowest BCUT2D eigenvalue weighted by atomic mass is 10.0. The highest BCUT2D eigenvalue weighted by Gasteiger charge is 2.14. The lowest BCUT2D eigenvalue weighted by Crippen LogP contribution is -2.35. The van der Waals surface area contributed by atoms with Gasteiger partial charge in [-0.15, -0.1) is 11.3 Å². The van der Waals surface area contributed by atoms with Gasteiger partial charge in [0.1, 0.15) is 1.41 Å². The average Bonchev–Trinajstić information content (AvgIpc) is 2.74. The second kappa shape index (κ2) is 4.56. The molecule has 2 heteroatoms. The van der Waals surface area contributed by atoms with Crippen LogP contribution in [0.15, 0.2) is 30.3 Å². The van der Waals surface area contributed by atoms with Crippen molar-refractivity contribution in [3.8, 4) is 0 Å². The Morgan fingerprint density at radius 1 is 1.38 bits per heavy atom. The van der Waals surface area contributed by atoms with Crippen LogP contribution in [-0.2, 0) is 6.42 Å². The Balaban J connectivity index is 1.79. The molecule has 16 heavy (non-hydrogen) atoms. The van der Waals surface area contributed by atoms with Crippen LogP contribution >= 0.6 is 11.3 Å². The van der Waals surface area contributed by atoms with Gasteiger partial charge in [0.15, 0.2) is 0 Å². The molecule has 0 saturated carbocycles. The van der Waals surface area contributed by atoms with Crippen molar-refractivity contribution in [1.29, 1.82) is 0 Å². The molecule has 0 aliphatic carbocycles. The van der Waals surface area contributed by atoms with Gasteiger partial charge in [0.05, 0.1) is 0 Å². The number of hydrogen-bond acceptors (Lipinski definition) is 2. The molecule has 1 unspecified atom stereocenters. The smallest absolute Gasteiger partial charge is 0.122 e. The number of rotatable bonds is 2. The summed E-state index contributed by atoms with van der Waals surface area (Å²) in [6.45, 7) is 0.940. The molecule has 1 aliphatic rings. The molecule has 2 heterocycles. The molecule has 3 rings (SSSR count). The van der Waals surface area contributed by atoms with E-state index in [1.54, 1.807) is 5.31 Å². The molecule has 0 spiro atoms. The Kier molecular flexibility index (Phi) is 2.62. The van der Waals surface area contributed by atoms with Crippen LogP contribution in [0.1, 0.15) is 24.1 Å². The van der Waals surface area contributed by atoms with Crippen LogP contribution in [0.4, 0.5) is 0 Å². The first-order valence-corrected chi connectivity index (χ1v) is 6.87. The zero-order valence-electron chi connectivity index (χ0n) is 10.4. The summed E-state index contributed by atoms with van der Waals surface area (Å²) in [5, 5.41) is 3.13. The predicted octanol–water partition coefficient (Wildman–Crippen LogP) is 3.59. The van der Waals surface area contributed by atoms with Gasteiger partial charge in [-0.2, -0.15) is 0 Å². The second-order valence-electron chi connectivity index (χ2n) is 4.51. The van der Waals surface area contributed by atoms with Crippen LogP contribution in [0.2, 0.25) is 1.41 Å². The first-order valence-electron chi connectivity index (χ1n) is 6.50. The highest BCUT2D eigenvalue weighted by atomic mass is 32.1. The topological polar surface area (TPSA) is 12.0 Å². The van der Waals surface area contributed by atoms with Crippen LogP contribution < -0.4 is 5.31 Å². The van der Waals surface area contributed by atoms with E-state index in [0.29, 0.717) is 6.04 Å². The van der Waals surface area contributed by atoms with E-state index >= 15 is 0 Å². The molecule has 84 valence electrons. The predicted molar refractivity (Wildman–Crippen MR) is 71.2 cm³/mol. The fraction of sp³-hybridized carbons (Fsp3) is 0.429. The maximum absolute atomic E-state index is 7.95. The first kappa shape index (κ1) is 9.20. The number of fused-ring (bicyclic) bond motifs is 1. The molecule has 0 bridgehead atoms. The highest BCUT2D eigenvalue weighted by molar-refractivity contribution is 7.19. The zero-order valence-corrected chi connectivity index (χ0v) is 10.2. The highest BCUT2D eigenvalue weighted by Crippen LogP contribution is 2.27. The van der Waals surface area contributed by atoms with Crippen LogP contribution in [-0.4, -0.2) is 12.6 Å². The van der Waals surface area contributed by atoms with Crippen molar-refractivity contribution in [2.75, 3.05) is 6.54 Å². The summed E-state index contributed by atoms with van der Waals surface area (Å²) >= 11 is 1.88. The molecule has 1 aliphatic heterocycles. The average molecular weight is 232 g/mol. The van der Waals surface area contributed by atoms with E-state index in [2.05, 4.69) is 30.3 Å². The van der Waals surface area contributed by atoms with Gasteiger partial charge in [-0.1, -0.05) is 24.6 Å². The SMILES string of the molecule is [2H]N1CCCCC1Cc1cc2ccccc2s1. The fourth-order valence-corrected chi connectivity index (χ4v) is 3.53. The van der Waals surface area contributed by atoms with E-state index in [9.17, 15) is 0 Å². The summed E-state index contributed by atoms with van der Waals surface area (Å²) < 4.78 is 9.32. The molecule has 1 aromatic carbocycles. The molecule has 1 fully saturated rings. The van der Waals surface area contributed by atoms with E-state index in [-0.39, 0.29) is 0 Å². The molecule has 0 amide bonds. The van der Waals surface area contributed by atoms with Crippen LogP contribution in [0.25, 0.3) is 10.1 Å². The molecule has 1 N–H and O–H groups in total. The Morgan fingerprint density at radius 2 is 2.31 bits per heavy atom. The molecule has 1 nitrogen and oxygen atoms in total. The maximum atomic E-state index is 7.95. The Bertz CT molecular complexity index is 475. The summed E-state index contributed by atoms with van der Waals surface area (Å²) in [6, 6.07) is 11.3. The summed E-state index contributed by atoms with van der Waals surface area (Å²) in [6.07, 6.45) is 4.69. The Hall–Kier alpha value is -0.860. The van der Waals surface area contributed by atoms with E-state index in [1.807, 2.05) is 11.3 Å². The van der Waals surface area contributed by atoms with Crippen molar-refractivity contribution >= 4 is 21.4 Å². The normalized spacial score (nSPS) is 23.5. The number of hydrogen-bond donors (Lipinski definition) is 1. The van der Waals surface area contributed by atoms with E-state index in [1.165, 1.54) is 34.2 Å². The molecule has 1 aromatic heterocycles. The molecular weight excluding hydrogens is 214 g/mol. The summed E-state index contributed by atoms with van der Waals surface area (Å²) in [5.41, 5.74) is 0. The molecule has 0 radical (unpaired) electrons. The minimum absolute atomic E-state index is 0.428. The fourth-order valence-electron chi connectivity index (χ4n) is 2.39. The van der Waals surface area contributed by atoms with Crippen LogP contribution in [0.5, 0.6) is 0 Å². The van der Waals surface area contributed by atoms with Gasteiger partial charge < -0.3 is 5.31 Å². The lowest BCUT2D eigenvalue weighted by molar-refractivity contribution is 0.401. The van der Waals surface area contributed by atoms with Crippen molar-refractivity contribution in [2.24, 2.45) is 0 Å². The zero-order chi connectivity index (χ0) is 11.7. The van der Waals surface area contributed by atoms with Gasteiger partial charge in [0.25, 0.3) is 0 Å². The third kappa shape index (κ3) is 2.13. The van der Waals surface area contributed by atoms with Gasteiger partial charge in [-0.25, -0.2) is 0 Å². The van der Waals surface area contributed by atoms with Crippen LogP contribution in [0, 0.1) is 0 Å². The van der Waals surface area contributed by atoms with Crippen molar-refractivity contribution < 1.29 is 1.41 Å². The molecule has 1 atom stereocenters. The summed E-state index contributed by atoms with van der Waals surface area (Å²) in [7, 11) is 0. The van der Waals surface area contributed by atoms with Crippen molar-refractivity contribution in [2.45, 2.75) is 31.7 Å². The number of piperidine rings is 1. The minimum atomic E-state index is 0.428. The third-order valence-electron chi connectivity index (χ3n) is 3.25. The lowest BCUT2D eigenvalue weighted by Gasteiger charge is -2.22. The Labute approximate surface area is 102 Å². The van der Waals surface area contributed by atoms with E-state index in [4.69, 9.17) is 1.41 Å². The third-order valence-corrected chi connectivity index (χ3v) is 4.38. The van der Waals surface area contributed by atoms with Gasteiger partial charge in [-0.3, -0.25) is 0 Å². The summed E-state index contributed by atoms with van der Waals surface area (Å²) in [4.78, 5) is 1.43. The first-order chi connectivity index (χ1) is 8.33. The maximum Gasteiger partial charge on any atom is 0.122 e. The van der Waals surface area contributed by atoms with Crippen LogP contribution in [0.3, 0.4) is 0 Å². The number of nitrogens with one attached hydrogen (secondary N) is 1. The molecular formula is C14H17NS.